The summed E-state index contributed by atoms with van der Waals surface area (Å²) >= 11 is 0. The Morgan fingerprint density at radius 3 is 2.81 bits per heavy atom. The fraction of sp³-hybridized carbons (Fsp3) is 0. The maximum atomic E-state index is 12.9. The zero-order valence-corrected chi connectivity index (χ0v) is 8.13. The molecule has 0 aliphatic rings. The fourth-order valence-electron chi connectivity index (χ4n) is 1.01. The lowest BCUT2D eigenvalue weighted by atomic mass is 10.1. The molecule has 0 heterocycles. The van der Waals surface area contributed by atoms with Gasteiger partial charge in [0.15, 0.2) is 0 Å². The number of hydrogen-bond acceptors (Lipinski definition) is 4. The summed E-state index contributed by atoms with van der Waals surface area (Å²) in [6.07, 6.45) is 3.98. The number of carbonyl (C=O) groups is 1. The molecule has 1 amide bonds. The van der Waals surface area contributed by atoms with Crippen LogP contribution in [0.1, 0.15) is 10.4 Å². The molecule has 0 saturated carbocycles. The monoisotopic (exact) mass is 221 g/mol. The Kier molecular flexibility index (Phi) is 4.02. The number of aliphatic imine (C=N–C) groups is 1. The van der Waals surface area contributed by atoms with Crippen molar-refractivity contribution in [1.82, 2.24) is 0 Å². The maximum Gasteiger partial charge on any atom is 0.319 e. The second-order valence-electron chi connectivity index (χ2n) is 2.72. The predicted molar refractivity (Wildman–Crippen MR) is 58.0 cm³/mol. The molecule has 0 unspecified atom stereocenters. The van der Waals surface area contributed by atoms with Gasteiger partial charge in [0.25, 0.3) is 0 Å². The minimum absolute atomic E-state index is 0.157. The number of carbonyl (C=O) groups excluding carboxylic acids is 1. The Bertz CT molecular complexity index is 469. The molecular formula is C10H8FN3O2. The fourth-order valence-corrected chi connectivity index (χ4v) is 1.01. The van der Waals surface area contributed by atoms with Crippen LogP contribution >= 0.6 is 0 Å². The Labute approximate surface area is 90.5 Å². The molecule has 16 heavy (non-hydrogen) atoms. The molecule has 0 bridgehead atoms. The predicted octanol–water partition coefficient (Wildman–Crippen LogP) is 1.91. The lowest BCUT2D eigenvalue weighted by Gasteiger charge is -1.99. The number of nitrogens with two attached hydrogens (primary N) is 1. The van der Waals surface area contributed by atoms with Crippen molar-refractivity contribution in [1.29, 1.82) is 0 Å². The van der Waals surface area contributed by atoms with E-state index in [1.807, 2.05) is 0 Å². The lowest BCUT2D eigenvalue weighted by Crippen LogP contribution is -1.95. The lowest BCUT2D eigenvalue weighted by molar-refractivity contribution is 0.100. The van der Waals surface area contributed by atoms with Gasteiger partial charge >= 0.3 is 5.91 Å². The van der Waals surface area contributed by atoms with Gasteiger partial charge in [-0.25, -0.2) is 4.39 Å². The zero-order valence-electron chi connectivity index (χ0n) is 8.13. The van der Waals surface area contributed by atoms with Crippen LogP contribution in [0.2, 0.25) is 0 Å². The van der Waals surface area contributed by atoms with Crippen molar-refractivity contribution in [3.8, 4) is 0 Å². The molecule has 5 nitrogen and oxygen atoms in total. The SMILES string of the molecule is NC=CC=Nc1ccc(F)cc1C(=O)N=O. The Hall–Kier alpha value is -2.37. The third-order valence-electron chi connectivity index (χ3n) is 1.68. The molecule has 1 rings (SSSR count). The van der Waals surface area contributed by atoms with Crippen LogP contribution < -0.4 is 5.73 Å². The normalized spacial score (nSPS) is 11.1. The van der Waals surface area contributed by atoms with Crippen LogP contribution in [0.3, 0.4) is 0 Å². The number of nitroso groups, excluding NO2 is 1. The summed E-state index contributed by atoms with van der Waals surface area (Å²) in [6, 6.07) is 3.30. The van der Waals surface area contributed by atoms with Crippen LogP contribution in [0.4, 0.5) is 10.1 Å². The van der Waals surface area contributed by atoms with Gasteiger partial charge in [-0.1, -0.05) is 0 Å². The molecule has 0 spiro atoms. The van der Waals surface area contributed by atoms with E-state index < -0.39 is 11.7 Å². The second-order valence-corrected chi connectivity index (χ2v) is 2.72. The first-order chi connectivity index (χ1) is 7.69. The van der Waals surface area contributed by atoms with E-state index in [1.165, 1.54) is 24.6 Å². The van der Waals surface area contributed by atoms with Crippen LogP contribution in [0, 0.1) is 10.7 Å². The van der Waals surface area contributed by atoms with Gasteiger partial charge in [-0.3, -0.25) is 9.79 Å². The average molecular weight is 221 g/mol. The van der Waals surface area contributed by atoms with Gasteiger partial charge < -0.3 is 5.73 Å². The number of amides is 1. The minimum Gasteiger partial charge on any atom is -0.405 e. The molecular weight excluding hydrogens is 213 g/mol. The van der Waals surface area contributed by atoms with E-state index in [4.69, 9.17) is 5.73 Å². The molecule has 0 saturated heterocycles. The molecule has 1 aromatic rings. The number of rotatable bonds is 3. The van der Waals surface area contributed by atoms with Gasteiger partial charge in [0.05, 0.1) is 11.3 Å². The molecule has 0 fully saturated rings. The van der Waals surface area contributed by atoms with Gasteiger partial charge in [0.1, 0.15) is 5.82 Å². The van der Waals surface area contributed by atoms with Crippen LogP contribution in [-0.4, -0.2) is 12.1 Å². The summed E-state index contributed by atoms with van der Waals surface area (Å²) in [7, 11) is 0. The first kappa shape index (κ1) is 11.7. The van der Waals surface area contributed by atoms with E-state index in [0.29, 0.717) is 0 Å². The summed E-state index contributed by atoms with van der Waals surface area (Å²) in [5.74, 6) is -1.70. The van der Waals surface area contributed by atoms with Crippen LogP contribution in [0.15, 0.2) is 40.6 Å². The standard InChI is InChI=1S/C10H8FN3O2/c11-7-2-3-9(13-5-1-4-12)8(6-7)10(15)14-16/h1-6H,12H2. The van der Waals surface area contributed by atoms with E-state index in [9.17, 15) is 14.1 Å². The highest BCUT2D eigenvalue weighted by molar-refractivity contribution is 6.00. The molecule has 1 aromatic carbocycles. The largest absolute Gasteiger partial charge is 0.405 e. The summed E-state index contributed by atoms with van der Waals surface area (Å²) in [5, 5.41) is 2.22. The van der Waals surface area contributed by atoms with Crippen molar-refractivity contribution in [2.24, 2.45) is 15.9 Å². The van der Waals surface area contributed by atoms with Gasteiger partial charge in [-0.2, -0.15) is 0 Å². The number of benzene rings is 1. The van der Waals surface area contributed by atoms with Gasteiger partial charge in [0.2, 0.25) is 0 Å². The first-order valence-corrected chi connectivity index (χ1v) is 4.27. The van der Waals surface area contributed by atoms with E-state index in [0.717, 1.165) is 12.1 Å². The zero-order chi connectivity index (χ0) is 12.0. The molecule has 6 heteroatoms. The summed E-state index contributed by atoms with van der Waals surface area (Å²) in [5.41, 5.74) is 5.05. The summed E-state index contributed by atoms with van der Waals surface area (Å²) in [6.45, 7) is 0. The molecule has 0 radical (unpaired) electrons. The van der Waals surface area contributed by atoms with E-state index in [-0.39, 0.29) is 11.3 Å². The molecule has 0 atom stereocenters. The Morgan fingerprint density at radius 1 is 1.44 bits per heavy atom. The van der Waals surface area contributed by atoms with Gasteiger partial charge in [0, 0.05) is 11.4 Å². The molecule has 0 aliphatic heterocycles. The third kappa shape index (κ3) is 2.81. The minimum atomic E-state index is -1.07. The number of hydrogen-bond donors (Lipinski definition) is 1. The molecule has 0 aliphatic carbocycles. The van der Waals surface area contributed by atoms with Crippen molar-refractivity contribution in [2.75, 3.05) is 0 Å². The third-order valence-corrected chi connectivity index (χ3v) is 1.68. The van der Waals surface area contributed by atoms with Gasteiger partial charge in [-0.05, 0) is 30.5 Å². The van der Waals surface area contributed by atoms with Crippen LogP contribution in [0.5, 0.6) is 0 Å². The average Bonchev–Trinajstić information content (AvgIpc) is 2.30. The van der Waals surface area contributed by atoms with Crippen molar-refractivity contribution < 1.29 is 9.18 Å². The van der Waals surface area contributed by atoms with E-state index in [2.05, 4.69) is 10.2 Å². The van der Waals surface area contributed by atoms with E-state index >= 15 is 0 Å². The Morgan fingerprint density at radius 2 is 2.19 bits per heavy atom. The number of halogens is 1. The number of nitrogens with zero attached hydrogens (tertiary/aromatic N) is 2. The van der Waals surface area contributed by atoms with Crippen molar-refractivity contribution in [2.45, 2.75) is 0 Å². The quantitative estimate of drug-likeness (QED) is 0.624. The molecule has 0 aromatic heterocycles. The smallest absolute Gasteiger partial charge is 0.319 e. The molecule has 82 valence electrons. The highest BCUT2D eigenvalue weighted by atomic mass is 19.1. The highest BCUT2D eigenvalue weighted by Crippen LogP contribution is 2.20. The highest BCUT2D eigenvalue weighted by Gasteiger charge is 2.12. The Balaban J connectivity index is 3.17. The van der Waals surface area contributed by atoms with E-state index in [1.54, 1.807) is 0 Å². The van der Waals surface area contributed by atoms with Crippen LogP contribution in [0.25, 0.3) is 0 Å². The van der Waals surface area contributed by atoms with Crippen molar-refractivity contribution in [3.63, 3.8) is 0 Å². The van der Waals surface area contributed by atoms with Gasteiger partial charge in [-0.15, -0.1) is 4.91 Å². The molecule has 2 N–H and O–H groups in total. The summed E-state index contributed by atoms with van der Waals surface area (Å²) in [4.78, 5) is 25.0. The topological polar surface area (TPSA) is 84.9 Å². The maximum absolute atomic E-state index is 12.9. The number of allylic oxidation sites excluding steroid dienone is 1. The van der Waals surface area contributed by atoms with Crippen LogP contribution in [-0.2, 0) is 0 Å². The van der Waals surface area contributed by atoms with Crippen molar-refractivity contribution in [3.05, 3.63) is 46.8 Å². The summed E-state index contributed by atoms with van der Waals surface area (Å²) < 4.78 is 12.9. The van der Waals surface area contributed by atoms with Crippen molar-refractivity contribution >= 4 is 17.8 Å². The second kappa shape index (κ2) is 5.50. The first-order valence-electron chi connectivity index (χ1n) is 4.27.